The third-order valence-corrected chi connectivity index (χ3v) is 6.34. The largest absolute Gasteiger partial charge is 0.496 e. The molecule has 0 saturated heterocycles. The predicted molar refractivity (Wildman–Crippen MR) is 170 cm³/mol. The van der Waals surface area contributed by atoms with E-state index in [0.29, 0.717) is 35.7 Å². The van der Waals surface area contributed by atoms with E-state index < -0.39 is 23.6 Å². The number of hydrogen-bond acceptors (Lipinski definition) is 6. The van der Waals surface area contributed by atoms with Crippen LogP contribution in [-0.2, 0) is 9.59 Å². The van der Waals surface area contributed by atoms with E-state index in [4.69, 9.17) is 9.47 Å². The van der Waals surface area contributed by atoms with Crippen molar-refractivity contribution in [3.63, 3.8) is 0 Å². The molecule has 0 spiro atoms. The van der Waals surface area contributed by atoms with Crippen LogP contribution in [0, 0.1) is 0 Å². The van der Waals surface area contributed by atoms with Gasteiger partial charge in [0.05, 0.1) is 14.2 Å². The van der Waals surface area contributed by atoms with E-state index >= 15 is 0 Å². The van der Waals surface area contributed by atoms with Gasteiger partial charge in [-0.15, -0.1) is 0 Å². The Labute approximate surface area is 257 Å². The van der Waals surface area contributed by atoms with Crippen molar-refractivity contribution >= 4 is 35.8 Å². The van der Waals surface area contributed by atoms with Crippen molar-refractivity contribution in [1.29, 1.82) is 0 Å². The summed E-state index contributed by atoms with van der Waals surface area (Å²) >= 11 is 0. The molecule has 0 aliphatic carbocycles. The molecule has 4 amide bonds. The second kappa shape index (κ2) is 16.9. The molecule has 0 aliphatic heterocycles. The highest BCUT2D eigenvalue weighted by molar-refractivity contribution is 6.07. The molecule has 10 nitrogen and oxygen atoms in total. The molecule has 0 unspecified atom stereocenters. The van der Waals surface area contributed by atoms with Crippen LogP contribution in [0.1, 0.15) is 58.5 Å². The Hall–Kier alpha value is -5.38. The average Bonchev–Trinajstić information content (AvgIpc) is 3.05. The maximum atomic E-state index is 13.2. The zero-order chi connectivity index (χ0) is 31.9. The minimum absolute atomic E-state index is 0.0407. The van der Waals surface area contributed by atoms with Gasteiger partial charge in [0.15, 0.2) is 0 Å². The van der Waals surface area contributed by atoms with Crippen molar-refractivity contribution in [2.75, 3.05) is 27.3 Å². The minimum Gasteiger partial charge on any atom is -0.496 e. The van der Waals surface area contributed by atoms with Crippen LogP contribution >= 0.6 is 0 Å². The molecule has 0 atom stereocenters. The standard InChI is InChI=1S/C34H38N4O6/c1-5-19-35-33(41)27(21-25-11-7-9-13-29(25)43-3)37-31(39)23-15-17-24(18-16-23)32(40)38-28(34(42)36-20-6-2)22-26-12-8-10-14-30(26)44-4/h7-18,21-22H,5-6,19-20H2,1-4H3,(H,35,41)(H,36,42)(H,37,39)(H,38,40)/b27-21+,28-22+. The highest BCUT2D eigenvalue weighted by Crippen LogP contribution is 2.21. The van der Waals surface area contributed by atoms with Crippen LogP contribution in [0.4, 0.5) is 0 Å². The van der Waals surface area contributed by atoms with Gasteiger partial charge in [0, 0.05) is 35.3 Å². The first-order chi connectivity index (χ1) is 21.3. The third kappa shape index (κ3) is 9.32. The van der Waals surface area contributed by atoms with Crippen LogP contribution in [0.5, 0.6) is 11.5 Å². The summed E-state index contributed by atoms with van der Waals surface area (Å²) in [5, 5.41) is 10.9. The quantitative estimate of drug-likeness (QED) is 0.205. The van der Waals surface area contributed by atoms with Crippen LogP contribution in [0.15, 0.2) is 84.2 Å². The first-order valence-electron chi connectivity index (χ1n) is 14.3. The fourth-order valence-corrected chi connectivity index (χ4v) is 4.03. The molecule has 0 heterocycles. The van der Waals surface area contributed by atoms with Gasteiger partial charge in [0.1, 0.15) is 22.9 Å². The summed E-state index contributed by atoms with van der Waals surface area (Å²) in [4.78, 5) is 52.1. The van der Waals surface area contributed by atoms with E-state index in [-0.39, 0.29) is 22.5 Å². The lowest BCUT2D eigenvalue weighted by Gasteiger charge is -2.13. The lowest BCUT2D eigenvalue weighted by Crippen LogP contribution is -2.35. The lowest BCUT2D eigenvalue weighted by atomic mass is 10.1. The summed E-state index contributed by atoms with van der Waals surface area (Å²) in [6.07, 6.45) is 4.54. The van der Waals surface area contributed by atoms with Gasteiger partial charge < -0.3 is 30.7 Å². The maximum absolute atomic E-state index is 13.2. The van der Waals surface area contributed by atoms with Crippen molar-refractivity contribution in [3.8, 4) is 11.5 Å². The van der Waals surface area contributed by atoms with Crippen LogP contribution in [0.25, 0.3) is 12.2 Å². The first kappa shape index (κ1) is 33.1. The van der Waals surface area contributed by atoms with Crippen molar-refractivity contribution < 1.29 is 28.7 Å². The SMILES string of the molecule is CCCNC(=O)/C(=C\c1ccccc1OC)NC(=O)c1ccc(C(=O)N/C(=C/c2ccccc2OC)C(=O)NCCC)cc1. The zero-order valence-corrected chi connectivity index (χ0v) is 25.4. The van der Waals surface area contributed by atoms with E-state index in [1.807, 2.05) is 13.8 Å². The average molecular weight is 599 g/mol. The highest BCUT2D eigenvalue weighted by Gasteiger charge is 2.18. The van der Waals surface area contributed by atoms with Crippen molar-refractivity contribution in [3.05, 3.63) is 106 Å². The number of carbonyl (C=O) groups excluding carboxylic acids is 4. The molecule has 3 aromatic rings. The van der Waals surface area contributed by atoms with Gasteiger partial charge in [-0.2, -0.15) is 0 Å². The Morgan fingerprint density at radius 2 is 0.955 bits per heavy atom. The number of ether oxygens (including phenoxy) is 2. The monoisotopic (exact) mass is 598 g/mol. The smallest absolute Gasteiger partial charge is 0.267 e. The molecule has 3 aromatic carbocycles. The normalized spacial score (nSPS) is 11.3. The molecule has 230 valence electrons. The van der Waals surface area contributed by atoms with Crippen molar-refractivity contribution in [2.24, 2.45) is 0 Å². The molecule has 0 bridgehead atoms. The predicted octanol–water partition coefficient (Wildman–Crippen LogP) is 4.30. The van der Waals surface area contributed by atoms with Crippen LogP contribution < -0.4 is 30.7 Å². The number of rotatable bonds is 14. The number of hydrogen-bond donors (Lipinski definition) is 4. The molecule has 0 aliphatic rings. The van der Waals surface area contributed by atoms with Crippen LogP contribution in [-0.4, -0.2) is 50.9 Å². The van der Waals surface area contributed by atoms with Crippen molar-refractivity contribution in [2.45, 2.75) is 26.7 Å². The van der Waals surface area contributed by atoms with Crippen molar-refractivity contribution in [1.82, 2.24) is 21.3 Å². The number of methoxy groups -OCH3 is 2. The Morgan fingerprint density at radius 1 is 0.591 bits per heavy atom. The second-order valence-electron chi connectivity index (χ2n) is 9.60. The summed E-state index contributed by atoms with van der Waals surface area (Å²) in [6.45, 7) is 4.72. The second-order valence-corrected chi connectivity index (χ2v) is 9.60. The van der Waals surface area contributed by atoms with Gasteiger partial charge >= 0.3 is 0 Å². The molecule has 0 aromatic heterocycles. The molecule has 4 N–H and O–H groups in total. The van der Waals surface area contributed by atoms with E-state index in [0.717, 1.165) is 12.8 Å². The van der Waals surface area contributed by atoms with Gasteiger partial charge in [-0.25, -0.2) is 0 Å². The number of benzene rings is 3. The lowest BCUT2D eigenvalue weighted by molar-refractivity contribution is -0.118. The first-order valence-corrected chi connectivity index (χ1v) is 14.3. The molecule has 0 saturated carbocycles. The molecule has 0 radical (unpaired) electrons. The maximum Gasteiger partial charge on any atom is 0.267 e. The Bertz CT molecular complexity index is 1410. The fourth-order valence-electron chi connectivity index (χ4n) is 4.03. The topological polar surface area (TPSA) is 135 Å². The molecule has 44 heavy (non-hydrogen) atoms. The Kier molecular flexibility index (Phi) is 12.7. The molecule has 3 rings (SSSR count). The van der Waals surface area contributed by atoms with Gasteiger partial charge in [0.2, 0.25) is 0 Å². The van der Waals surface area contributed by atoms with E-state index in [2.05, 4.69) is 21.3 Å². The van der Waals surface area contributed by atoms with Crippen LogP contribution in [0.2, 0.25) is 0 Å². The summed E-state index contributed by atoms with van der Waals surface area (Å²) in [5.41, 5.74) is 1.76. The highest BCUT2D eigenvalue weighted by atomic mass is 16.5. The minimum atomic E-state index is -0.541. The molecule has 0 fully saturated rings. The summed E-state index contributed by atoms with van der Waals surface area (Å²) in [6, 6.07) is 20.1. The number of para-hydroxylation sites is 2. The Balaban J connectivity index is 1.82. The van der Waals surface area contributed by atoms with E-state index in [9.17, 15) is 19.2 Å². The van der Waals surface area contributed by atoms with Gasteiger partial charge in [-0.05, 0) is 61.4 Å². The van der Waals surface area contributed by atoms with Crippen LogP contribution in [0.3, 0.4) is 0 Å². The molecular weight excluding hydrogens is 560 g/mol. The van der Waals surface area contributed by atoms with Gasteiger partial charge in [-0.3, -0.25) is 19.2 Å². The summed E-state index contributed by atoms with van der Waals surface area (Å²) in [5.74, 6) is -0.891. The van der Waals surface area contributed by atoms with E-state index in [1.165, 1.54) is 38.5 Å². The van der Waals surface area contributed by atoms with E-state index in [1.54, 1.807) is 60.7 Å². The summed E-state index contributed by atoms with van der Waals surface area (Å²) < 4.78 is 10.8. The fraction of sp³-hybridized carbons (Fsp3) is 0.235. The number of carbonyl (C=O) groups is 4. The Morgan fingerprint density at radius 3 is 1.30 bits per heavy atom. The van der Waals surface area contributed by atoms with Gasteiger partial charge in [0.25, 0.3) is 23.6 Å². The molecular formula is C34H38N4O6. The third-order valence-electron chi connectivity index (χ3n) is 6.34. The zero-order valence-electron chi connectivity index (χ0n) is 25.4. The summed E-state index contributed by atoms with van der Waals surface area (Å²) in [7, 11) is 3.04. The number of amides is 4. The molecule has 10 heteroatoms. The number of nitrogens with one attached hydrogen (secondary N) is 4. The van der Waals surface area contributed by atoms with Gasteiger partial charge in [-0.1, -0.05) is 50.2 Å².